The highest BCUT2D eigenvalue weighted by atomic mass is 35.5. The molecule has 1 aliphatic carbocycles. The molecule has 0 saturated heterocycles. The van der Waals surface area contributed by atoms with Gasteiger partial charge >= 0.3 is 0 Å². The summed E-state index contributed by atoms with van der Waals surface area (Å²) in [6, 6.07) is 10.3. The molecule has 5 rings (SSSR count). The van der Waals surface area contributed by atoms with Crippen molar-refractivity contribution in [3.05, 3.63) is 58.4 Å². The first-order valence-electron chi connectivity index (χ1n) is 10.2. The molecule has 7 nitrogen and oxygen atoms in total. The summed E-state index contributed by atoms with van der Waals surface area (Å²) in [5.74, 6) is 0.398. The summed E-state index contributed by atoms with van der Waals surface area (Å²) in [6.07, 6.45) is 3.75. The summed E-state index contributed by atoms with van der Waals surface area (Å²) in [5, 5.41) is 14.2. The molecule has 3 aromatic heterocycles. The van der Waals surface area contributed by atoms with E-state index >= 15 is 0 Å². The average Bonchev–Trinajstić information content (AvgIpc) is 3.45. The van der Waals surface area contributed by atoms with Crippen LogP contribution in [0, 0.1) is 5.92 Å². The van der Waals surface area contributed by atoms with E-state index in [0.717, 1.165) is 34.5 Å². The van der Waals surface area contributed by atoms with Gasteiger partial charge in [-0.15, -0.1) is 11.3 Å². The molecule has 0 spiro atoms. The number of fused-ring (bicyclic) bond motifs is 1. The van der Waals surface area contributed by atoms with E-state index in [1.54, 1.807) is 11.3 Å². The molecular weight excluding hydrogens is 432 g/mol. The van der Waals surface area contributed by atoms with Crippen LogP contribution in [0.3, 0.4) is 0 Å². The molecule has 1 saturated carbocycles. The maximum Gasteiger partial charge on any atom is 0.226 e. The second-order valence-corrected chi connectivity index (χ2v) is 9.22. The standard InChI is InChI=1S/C22H23ClN6OS/c23-22-27-19(25)18-16(21-26-14(11-31-21)6-12-4-2-1-3-5-12)10-29(20(18)28-22)15-7-13(9-24)17(30)8-15/h1-5,10-11,13,15,17,30H,6-9,24H2,(H2,25,27,28)/t13-,15-,17+/m1/s1. The van der Waals surface area contributed by atoms with Gasteiger partial charge < -0.3 is 21.1 Å². The first-order valence-corrected chi connectivity index (χ1v) is 11.5. The number of halogens is 1. The first-order chi connectivity index (χ1) is 15.0. The molecule has 3 heterocycles. The van der Waals surface area contributed by atoms with E-state index < -0.39 is 6.10 Å². The number of thiazole rings is 1. The molecule has 9 heteroatoms. The maximum atomic E-state index is 10.4. The van der Waals surface area contributed by atoms with Crippen LogP contribution in [0.4, 0.5) is 5.82 Å². The zero-order chi connectivity index (χ0) is 21.5. The SMILES string of the molecule is NC[C@H]1C[C@@H](n2cc(-c3nc(Cc4ccccc4)cs3)c3c(N)nc(Cl)nc32)C[C@@H]1O. The van der Waals surface area contributed by atoms with Crippen LogP contribution >= 0.6 is 22.9 Å². The highest BCUT2D eigenvalue weighted by molar-refractivity contribution is 7.13. The summed E-state index contributed by atoms with van der Waals surface area (Å²) in [7, 11) is 0. The Morgan fingerprint density at radius 1 is 1.16 bits per heavy atom. The van der Waals surface area contributed by atoms with Gasteiger partial charge in [0.1, 0.15) is 16.5 Å². The van der Waals surface area contributed by atoms with E-state index in [2.05, 4.69) is 32.0 Å². The van der Waals surface area contributed by atoms with Gasteiger partial charge in [-0.2, -0.15) is 4.98 Å². The van der Waals surface area contributed by atoms with Gasteiger partial charge in [0.05, 0.1) is 17.2 Å². The van der Waals surface area contributed by atoms with Crippen molar-refractivity contribution in [3.8, 4) is 10.6 Å². The quantitative estimate of drug-likeness (QED) is 0.396. The Bertz CT molecular complexity index is 1220. The van der Waals surface area contributed by atoms with Crippen molar-refractivity contribution in [1.82, 2.24) is 19.5 Å². The van der Waals surface area contributed by atoms with Gasteiger partial charge in [-0.3, -0.25) is 0 Å². The van der Waals surface area contributed by atoms with Gasteiger partial charge in [0.15, 0.2) is 0 Å². The van der Waals surface area contributed by atoms with Crippen LogP contribution < -0.4 is 11.5 Å². The lowest BCUT2D eigenvalue weighted by Crippen LogP contribution is -2.21. The smallest absolute Gasteiger partial charge is 0.226 e. The Morgan fingerprint density at radius 2 is 1.97 bits per heavy atom. The molecule has 0 unspecified atom stereocenters. The van der Waals surface area contributed by atoms with Crippen molar-refractivity contribution >= 4 is 39.8 Å². The minimum absolute atomic E-state index is 0.0638. The van der Waals surface area contributed by atoms with Crippen LogP contribution in [-0.2, 0) is 6.42 Å². The summed E-state index contributed by atoms with van der Waals surface area (Å²) >= 11 is 7.71. The lowest BCUT2D eigenvalue weighted by molar-refractivity contribution is 0.135. The number of benzene rings is 1. The molecular formula is C22H23ClN6OS. The molecule has 1 aliphatic rings. The predicted octanol–water partition coefficient (Wildman–Crippen LogP) is 3.65. The van der Waals surface area contributed by atoms with Gasteiger partial charge in [-0.25, -0.2) is 9.97 Å². The number of aliphatic hydroxyl groups excluding tert-OH is 1. The van der Waals surface area contributed by atoms with E-state index in [1.165, 1.54) is 5.56 Å². The fourth-order valence-corrected chi connectivity index (χ4v) is 5.47. The zero-order valence-corrected chi connectivity index (χ0v) is 18.4. The largest absolute Gasteiger partial charge is 0.393 e. The van der Waals surface area contributed by atoms with Crippen molar-refractivity contribution in [2.45, 2.75) is 31.4 Å². The molecule has 0 aliphatic heterocycles. The van der Waals surface area contributed by atoms with E-state index in [1.807, 2.05) is 24.4 Å². The number of hydrogen-bond donors (Lipinski definition) is 3. The van der Waals surface area contributed by atoms with Crippen molar-refractivity contribution in [3.63, 3.8) is 0 Å². The lowest BCUT2D eigenvalue weighted by atomic mass is 10.1. The van der Waals surface area contributed by atoms with E-state index in [-0.39, 0.29) is 17.2 Å². The number of aromatic nitrogens is 4. The Balaban J connectivity index is 1.57. The number of nitrogen functional groups attached to an aromatic ring is 1. The molecule has 5 N–H and O–H groups in total. The Hall–Kier alpha value is -2.52. The normalized spacial score (nSPS) is 21.2. The third kappa shape index (κ3) is 3.80. The fraction of sp³-hybridized carbons (Fsp3) is 0.318. The average molecular weight is 455 g/mol. The second-order valence-electron chi connectivity index (χ2n) is 8.02. The van der Waals surface area contributed by atoms with Crippen LogP contribution in [-0.4, -0.2) is 37.3 Å². The van der Waals surface area contributed by atoms with Crippen molar-refractivity contribution in [2.75, 3.05) is 12.3 Å². The van der Waals surface area contributed by atoms with E-state index in [9.17, 15) is 5.11 Å². The van der Waals surface area contributed by atoms with Crippen molar-refractivity contribution < 1.29 is 5.11 Å². The van der Waals surface area contributed by atoms with Crippen LogP contribution in [0.2, 0.25) is 5.28 Å². The minimum atomic E-state index is -0.428. The van der Waals surface area contributed by atoms with E-state index in [4.69, 9.17) is 28.1 Å². The topological polar surface area (TPSA) is 116 Å². The zero-order valence-electron chi connectivity index (χ0n) is 16.8. The molecule has 4 aromatic rings. The van der Waals surface area contributed by atoms with Crippen LogP contribution in [0.5, 0.6) is 0 Å². The summed E-state index contributed by atoms with van der Waals surface area (Å²) in [5.41, 5.74) is 15.9. The van der Waals surface area contributed by atoms with Crippen LogP contribution in [0.15, 0.2) is 41.9 Å². The number of nitrogens with two attached hydrogens (primary N) is 2. The highest BCUT2D eigenvalue weighted by Gasteiger charge is 2.34. The molecule has 3 atom stereocenters. The molecule has 0 radical (unpaired) electrons. The molecule has 1 fully saturated rings. The number of aliphatic hydroxyl groups is 1. The minimum Gasteiger partial charge on any atom is -0.393 e. The molecule has 160 valence electrons. The molecule has 1 aromatic carbocycles. The Morgan fingerprint density at radius 3 is 2.71 bits per heavy atom. The Labute approximate surface area is 188 Å². The molecule has 0 bridgehead atoms. The molecule has 31 heavy (non-hydrogen) atoms. The number of anilines is 1. The summed E-state index contributed by atoms with van der Waals surface area (Å²) in [6.45, 7) is 0.455. The third-order valence-electron chi connectivity index (χ3n) is 6.01. The van der Waals surface area contributed by atoms with Crippen molar-refractivity contribution in [2.24, 2.45) is 11.7 Å². The molecule has 0 amide bonds. The van der Waals surface area contributed by atoms with E-state index in [0.29, 0.717) is 24.4 Å². The van der Waals surface area contributed by atoms with Crippen molar-refractivity contribution in [1.29, 1.82) is 0 Å². The van der Waals surface area contributed by atoms with Crippen LogP contribution in [0.1, 0.15) is 30.1 Å². The van der Waals surface area contributed by atoms with Crippen LogP contribution in [0.25, 0.3) is 21.6 Å². The van der Waals surface area contributed by atoms with Gasteiger partial charge in [-0.1, -0.05) is 30.3 Å². The maximum absolute atomic E-state index is 10.4. The Kier molecular flexibility index (Phi) is 5.39. The number of hydrogen-bond acceptors (Lipinski definition) is 7. The summed E-state index contributed by atoms with van der Waals surface area (Å²) < 4.78 is 2.06. The highest BCUT2D eigenvalue weighted by Crippen LogP contribution is 2.41. The van der Waals surface area contributed by atoms with Gasteiger partial charge in [0, 0.05) is 29.6 Å². The third-order valence-corrected chi connectivity index (χ3v) is 7.11. The van der Waals surface area contributed by atoms with Gasteiger partial charge in [-0.05, 0) is 42.5 Å². The summed E-state index contributed by atoms with van der Waals surface area (Å²) in [4.78, 5) is 13.5. The van der Waals surface area contributed by atoms with Gasteiger partial charge in [0.25, 0.3) is 0 Å². The lowest BCUT2D eigenvalue weighted by Gasteiger charge is -2.13. The van der Waals surface area contributed by atoms with Gasteiger partial charge in [0.2, 0.25) is 5.28 Å². The first kappa shape index (κ1) is 20.4. The number of rotatable bonds is 5. The monoisotopic (exact) mass is 454 g/mol. The second kappa shape index (κ2) is 8.20. The predicted molar refractivity (Wildman–Crippen MR) is 124 cm³/mol. The fourth-order valence-electron chi connectivity index (χ4n) is 4.46. The number of nitrogens with zero attached hydrogens (tertiary/aromatic N) is 4.